The van der Waals surface area contributed by atoms with Crippen LogP contribution in [0.3, 0.4) is 0 Å². The first-order chi connectivity index (χ1) is 5.77. The third-order valence-corrected chi connectivity index (χ3v) is 1.77. The van der Waals surface area contributed by atoms with Crippen molar-refractivity contribution in [1.29, 1.82) is 0 Å². The van der Waals surface area contributed by atoms with Crippen molar-refractivity contribution in [3.63, 3.8) is 0 Å². The van der Waals surface area contributed by atoms with Crippen LogP contribution in [0.25, 0.3) is 0 Å². The number of carbonyl (C=O) groups is 1. The van der Waals surface area contributed by atoms with Crippen LogP contribution in [0.1, 0.15) is 6.42 Å². The molecule has 0 unspecified atom stereocenters. The van der Waals surface area contributed by atoms with E-state index in [2.05, 4.69) is 9.98 Å². The molecule has 0 atom stereocenters. The van der Waals surface area contributed by atoms with E-state index in [-0.39, 0.29) is 5.71 Å². The van der Waals surface area contributed by atoms with Crippen molar-refractivity contribution in [2.24, 2.45) is 9.98 Å². The molecule has 2 aliphatic heterocycles. The summed E-state index contributed by atoms with van der Waals surface area (Å²) in [5.41, 5.74) is 1.89. The highest BCUT2D eigenvalue weighted by molar-refractivity contribution is 6.36. The molecule has 2 rings (SSSR count). The van der Waals surface area contributed by atoms with Crippen LogP contribution in [-0.2, 0) is 4.79 Å². The summed E-state index contributed by atoms with van der Waals surface area (Å²) in [6.07, 6.45) is 5.33. The fourth-order valence-electron chi connectivity index (χ4n) is 1.14. The number of hydrogen-bond acceptors (Lipinski definition) is 3. The van der Waals surface area contributed by atoms with Gasteiger partial charge in [0.15, 0.2) is 0 Å². The first-order valence-electron chi connectivity index (χ1n) is 3.51. The standard InChI is InChI=1S/C8H6N2O2/c11-8(12)6-3-5-1-2-9-7(5)4-10-6/h1-2,4H,3H2,(H,11,12). The maximum absolute atomic E-state index is 10.5. The van der Waals surface area contributed by atoms with E-state index in [4.69, 9.17) is 5.11 Å². The van der Waals surface area contributed by atoms with Crippen LogP contribution >= 0.6 is 0 Å². The summed E-state index contributed by atoms with van der Waals surface area (Å²) in [5, 5.41) is 8.63. The highest BCUT2D eigenvalue weighted by Gasteiger charge is 2.19. The zero-order chi connectivity index (χ0) is 8.55. The molecule has 0 radical (unpaired) electrons. The van der Waals surface area contributed by atoms with E-state index >= 15 is 0 Å². The Morgan fingerprint density at radius 1 is 1.58 bits per heavy atom. The molecule has 12 heavy (non-hydrogen) atoms. The molecule has 0 spiro atoms. The molecule has 0 amide bonds. The zero-order valence-electron chi connectivity index (χ0n) is 6.19. The van der Waals surface area contributed by atoms with Gasteiger partial charge in [-0.05, 0) is 11.6 Å². The van der Waals surface area contributed by atoms with Gasteiger partial charge in [0, 0.05) is 12.6 Å². The Hall–Kier alpha value is -1.71. The van der Waals surface area contributed by atoms with Gasteiger partial charge >= 0.3 is 5.97 Å². The second-order valence-corrected chi connectivity index (χ2v) is 2.54. The van der Waals surface area contributed by atoms with Gasteiger partial charge in [0.05, 0.1) is 11.9 Å². The Kier molecular flexibility index (Phi) is 1.40. The van der Waals surface area contributed by atoms with Gasteiger partial charge in [0.1, 0.15) is 5.71 Å². The smallest absolute Gasteiger partial charge is 0.350 e. The molecule has 0 aromatic carbocycles. The second kappa shape index (κ2) is 2.41. The summed E-state index contributed by atoms with van der Waals surface area (Å²) < 4.78 is 0. The van der Waals surface area contributed by atoms with Crippen LogP contribution in [-0.4, -0.2) is 23.0 Å². The second-order valence-electron chi connectivity index (χ2n) is 2.54. The van der Waals surface area contributed by atoms with Crippen LogP contribution in [0.5, 0.6) is 0 Å². The molecule has 0 aromatic heterocycles. The lowest BCUT2D eigenvalue weighted by Gasteiger charge is -2.07. The molecule has 0 saturated heterocycles. The molecule has 4 heteroatoms. The third kappa shape index (κ3) is 0.972. The lowest BCUT2D eigenvalue weighted by molar-refractivity contribution is -0.129. The number of carboxylic acid groups (broad SMARTS) is 1. The lowest BCUT2D eigenvalue weighted by Crippen LogP contribution is -2.15. The van der Waals surface area contributed by atoms with Crippen molar-refractivity contribution in [2.45, 2.75) is 6.42 Å². The number of carboxylic acids is 1. The highest BCUT2D eigenvalue weighted by atomic mass is 16.4. The van der Waals surface area contributed by atoms with Gasteiger partial charge < -0.3 is 5.11 Å². The molecule has 4 nitrogen and oxygen atoms in total. The van der Waals surface area contributed by atoms with Crippen molar-refractivity contribution in [2.75, 3.05) is 0 Å². The van der Waals surface area contributed by atoms with Gasteiger partial charge in [0.25, 0.3) is 0 Å². The number of fused-ring (bicyclic) bond motifs is 1. The van der Waals surface area contributed by atoms with E-state index in [1.807, 2.05) is 6.08 Å². The maximum atomic E-state index is 10.5. The quantitative estimate of drug-likeness (QED) is 0.618. The molecule has 2 heterocycles. The number of hydrogen-bond donors (Lipinski definition) is 1. The number of aliphatic imine (C=N–C) groups is 2. The molecule has 1 N–H and O–H groups in total. The van der Waals surface area contributed by atoms with E-state index in [9.17, 15) is 4.79 Å². The summed E-state index contributed by atoms with van der Waals surface area (Å²) in [6.45, 7) is 0. The van der Waals surface area contributed by atoms with E-state index in [1.54, 1.807) is 6.21 Å². The maximum Gasteiger partial charge on any atom is 0.350 e. The summed E-state index contributed by atoms with van der Waals surface area (Å²) in [5.74, 6) is -0.960. The van der Waals surface area contributed by atoms with E-state index in [0.717, 1.165) is 11.3 Å². The van der Waals surface area contributed by atoms with E-state index < -0.39 is 5.97 Å². The van der Waals surface area contributed by atoms with Gasteiger partial charge in [-0.25, -0.2) is 4.79 Å². The predicted octanol–water partition coefficient (Wildman–Crippen LogP) is 0.768. The first kappa shape index (κ1) is 6.97. The van der Waals surface area contributed by atoms with Crippen LogP contribution in [0.2, 0.25) is 0 Å². The first-order valence-corrected chi connectivity index (χ1v) is 3.51. The average molecular weight is 162 g/mol. The van der Waals surface area contributed by atoms with Crippen LogP contribution in [0, 0.1) is 0 Å². The Morgan fingerprint density at radius 3 is 3.17 bits per heavy atom. The van der Waals surface area contributed by atoms with Crippen molar-refractivity contribution in [1.82, 2.24) is 0 Å². The third-order valence-electron chi connectivity index (χ3n) is 1.77. The van der Waals surface area contributed by atoms with Crippen molar-refractivity contribution in [3.8, 4) is 0 Å². The zero-order valence-corrected chi connectivity index (χ0v) is 6.19. The minimum atomic E-state index is -0.960. The number of allylic oxidation sites excluding steroid dienone is 2. The SMILES string of the molecule is O=C(O)C1=NC=C2N=CC=C2C1. The van der Waals surface area contributed by atoms with Gasteiger partial charge in [-0.15, -0.1) is 0 Å². The Labute approximate surface area is 68.6 Å². The average Bonchev–Trinajstić information content (AvgIpc) is 2.49. The minimum Gasteiger partial charge on any atom is -0.477 e. The monoisotopic (exact) mass is 162 g/mol. The summed E-state index contributed by atoms with van der Waals surface area (Å²) in [7, 11) is 0. The van der Waals surface area contributed by atoms with Crippen molar-refractivity contribution < 1.29 is 9.90 Å². The van der Waals surface area contributed by atoms with Gasteiger partial charge in [0.2, 0.25) is 0 Å². The fourth-order valence-corrected chi connectivity index (χ4v) is 1.14. The number of rotatable bonds is 1. The summed E-state index contributed by atoms with van der Waals surface area (Å²) in [4.78, 5) is 18.3. The minimum absolute atomic E-state index is 0.176. The number of nitrogens with zero attached hydrogens (tertiary/aromatic N) is 2. The lowest BCUT2D eigenvalue weighted by atomic mass is 10.1. The molecule has 0 saturated carbocycles. The Bertz CT molecular complexity index is 361. The Balaban J connectivity index is 2.33. The van der Waals surface area contributed by atoms with E-state index in [0.29, 0.717) is 6.42 Å². The van der Waals surface area contributed by atoms with Gasteiger partial charge in [-0.2, -0.15) is 0 Å². The molecule has 2 aliphatic rings. The molecule has 60 valence electrons. The normalized spacial score (nSPS) is 19.5. The molecular weight excluding hydrogens is 156 g/mol. The van der Waals surface area contributed by atoms with Crippen molar-refractivity contribution >= 4 is 17.9 Å². The van der Waals surface area contributed by atoms with E-state index in [1.165, 1.54) is 6.20 Å². The topological polar surface area (TPSA) is 62.0 Å². The van der Waals surface area contributed by atoms with Crippen LogP contribution in [0.4, 0.5) is 0 Å². The fraction of sp³-hybridized carbons (Fsp3) is 0.125. The van der Waals surface area contributed by atoms with Crippen LogP contribution in [0.15, 0.2) is 33.5 Å². The summed E-state index contributed by atoms with van der Waals surface area (Å²) in [6, 6.07) is 0. The molecular formula is C8H6N2O2. The molecule has 0 aliphatic carbocycles. The largest absolute Gasteiger partial charge is 0.477 e. The Morgan fingerprint density at radius 2 is 2.42 bits per heavy atom. The highest BCUT2D eigenvalue weighted by Crippen LogP contribution is 2.23. The van der Waals surface area contributed by atoms with Crippen molar-refractivity contribution in [3.05, 3.63) is 23.5 Å². The molecule has 0 bridgehead atoms. The summed E-state index contributed by atoms with van der Waals surface area (Å²) >= 11 is 0. The predicted molar refractivity (Wildman–Crippen MR) is 44.3 cm³/mol. The number of aliphatic carboxylic acids is 1. The molecule has 0 aromatic rings. The van der Waals surface area contributed by atoms with Crippen LogP contribution < -0.4 is 0 Å². The van der Waals surface area contributed by atoms with Gasteiger partial charge in [-0.1, -0.05) is 0 Å². The molecule has 0 fully saturated rings. The van der Waals surface area contributed by atoms with Gasteiger partial charge in [-0.3, -0.25) is 9.98 Å².